The highest BCUT2D eigenvalue weighted by Gasteiger charge is 2.27. The van der Waals surface area contributed by atoms with Gasteiger partial charge in [-0.25, -0.2) is 13.8 Å². The number of aromatic nitrogens is 1. The molecule has 0 radical (unpaired) electrons. The third-order valence-corrected chi connectivity index (χ3v) is 2.64. The lowest BCUT2D eigenvalue weighted by Crippen LogP contribution is -2.31. The Kier molecular flexibility index (Phi) is 3.75. The predicted octanol–water partition coefficient (Wildman–Crippen LogP) is 2.18. The highest BCUT2D eigenvalue weighted by atomic mass is 19.3. The van der Waals surface area contributed by atoms with Crippen LogP contribution in [0.15, 0.2) is 30.3 Å². The molecule has 0 spiro atoms. The van der Waals surface area contributed by atoms with Gasteiger partial charge in [-0.15, -0.1) is 0 Å². The van der Waals surface area contributed by atoms with Gasteiger partial charge in [0.2, 0.25) is 0 Å². The maximum Gasteiger partial charge on any atom is 0.287 e. The molecule has 6 nitrogen and oxygen atoms in total. The van der Waals surface area contributed by atoms with Crippen molar-refractivity contribution in [1.82, 2.24) is 4.98 Å². The van der Waals surface area contributed by atoms with E-state index in [0.29, 0.717) is 10.9 Å². The summed E-state index contributed by atoms with van der Waals surface area (Å²) < 4.78 is 25.8. The van der Waals surface area contributed by atoms with Crippen LogP contribution in [-0.2, 0) is 0 Å². The number of alkyl halides is 2. The molecule has 0 amide bonds. The molecule has 0 atom stereocenters. The zero-order valence-corrected chi connectivity index (χ0v) is 10.2. The van der Waals surface area contributed by atoms with Crippen LogP contribution in [0.5, 0.6) is 0 Å². The van der Waals surface area contributed by atoms with Crippen LogP contribution >= 0.6 is 0 Å². The molecule has 8 heteroatoms. The fourth-order valence-electron chi connectivity index (χ4n) is 1.60. The quantitative estimate of drug-likeness (QED) is 0.648. The smallest absolute Gasteiger partial charge is 0.287 e. The molecule has 0 saturated carbocycles. The first-order valence-corrected chi connectivity index (χ1v) is 5.69. The summed E-state index contributed by atoms with van der Waals surface area (Å²) >= 11 is 0. The van der Waals surface area contributed by atoms with Crippen LogP contribution in [0.2, 0.25) is 0 Å². The van der Waals surface area contributed by atoms with E-state index in [1.54, 1.807) is 6.07 Å². The average Bonchev–Trinajstić information content (AvgIpc) is 2.44. The van der Waals surface area contributed by atoms with E-state index in [0.717, 1.165) is 0 Å². The Morgan fingerprint density at radius 1 is 1.35 bits per heavy atom. The lowest BCUT2D eigenvalue weighted by Gasteiger charge is -2.14. The number of pyridine rings is 1. The Bertz CT molecular complexity index is 649. The molecule has 1 heterocycles. The maximum atomic E-state index is 12.9. The molecule has 1 aromatic carbocycles. The van der Waals surface area contributed by atoms with E-state index in [1.165, 1.54) is 24.3 Å². The van der Waals surface area contributed by atoms with Crippen molar-refractivity contribution in [2.24, 2.45) is 0 Å². The number of aliphatic hydroxyl groups excluding tert-OH is 1. The second-order valence-corrected chi connectivity index (χ2v) is 4.20. The Labute approximate surface area is 112 Å². The standard InChI is InChI=1S/C12H11F2N3O3/c13-12(14,7-18)6-15-11-4-1-8-5-9(17(19)20)2-3-10(8)16-11/h1-5,18H,6-7H2,(H,15,16). The number of halogens is 2. The van der Waals surface area contributed by atoms with Gasteiger partial charge in [0.05, 0.1) is 17.0 Å². The van der Waals surface area contributed by atoms with Crippen LogP contribution in [0.25, 0.3) is 10.9 Å². The number of nitrogens with zero attached hydrogens (tertiary/aromatic N) is 2. The minimum absolute atomic E-state index is 0.0631. The van der Waals surface area contributed by atoms with Crippen molar-refractivity contribution in [3.8, 4) is 0 Å². The first kappa shape index (κ1) is 14.1. The maximum absolute atomic E-state index is 12.9. The van der Waals surface area contributed by atoms with Crippen molar-refractivity contribution < 1.29 is 18.8 Å². The number of hydrogen-bond donors (Lipinski definition) is 2. The largest absolute Gasteiger partial charge is 0.390 e. The van der Waals surface area contributed by atoms with Gasteiger partial charge in [-0.1, -0.05) is 0 Å². The molecule has 106 valence electrons. The summed E-state index contributed by atoms with van der Waals surface area (Å²) in [6.07, 6.45) is 0. The van der Waals surface area contributed by atoms with E-state index in [9.17, 15) is 18.9 Å². The van der Waals surface area contributed by atoms with E-state index in [-0.39, 0.29) is 11.5 Å². The van der Waals surface area contributed by atoms with Crippen LogP contribution in [0, 0.1) is 10.1 Å². The number of rotatable bonds is 5. The summed E-state index contributed by atoms with van der Waals surface area (Å²) in [6, 6.07) is 7.09. The van der Waals surface area contributed by atoms with E-state index in [1.807, 2.05) is 0 Å². The number of fused-ring (bicyclic) bond motifs is 1. The molecular weight excluding hydrogens is 272 g/mol. The monoisotopic (exact) mass is 283 g/mol. The van der Waals surface area contributed by atoms with Gasteiger partial charge in [0.15, 0.2) is 0 Å². The molecule has 0 bridgehead atoms. The first-order chi connectivity index (χ1) is 9.41. The summed E-state index contributed by atoms with van der Waals surface area (Å²) in [4.78, 5) is 14.2. The average molecular weight is 283 g/mol. The topological polar surface area (TPSA) is 88.3 Å². The molecular formula is C12H11F2N3O3. The number of aliphatic hydroxyl groups is 1. The third-order valence-electron chi connectivity index (χ3n) is 2.64. The minimum Gasteiger partial charge on any atom is -0.390 e. The van der Waals surface area contributed by atoms with E-state index < -0.39 is 24.0 Å². The van der Waals surface area contributed by atoms with Gasteiger partial charge in [-0.2, -0.15) is 0 Å². The number of nitrogens with one attached hydrogen (secondary N) is 1. The van der Waals surface area contributed by atoms with Crippen LogP contribution in [0.1, 0.15) is 0 Å². The lowest BCUT2D eigenvalue weighted by molar-refractivity contribution is -0.384. The van der Waals surface area contributed by atoms with Gasteiger partial charge in [0, 0.05) is 17.5 Å². The van der Waals surface area contributed by atoms with Crippen molar-refractivity contribution in [3.05, 3.63) is 40.4 Å². The fourth-order valence-corrected chi connectivity index (χ4v) is 1.60. The van der Waals surface area contributed by atoms with Crippen LogP contribution in [0.4, 0.5) is 20.3 Å². The molecule has 2 rings (SSSR count). The molecule has 0 fully saturated rings. The minimum atomic E-state index is -3.23. The predicted molar refractivity (Wildman–Crippen MR) is 68.9 cm³/mol. The molecule has 0 aliphatic carbocycles. The van der Waals surface area contributed by atoms with Crippen molar-refractivity contribution >= 4 is 22.4 Å². The van der Waals surface area contributed by atoms with Gasteiger partial charge < -0.3 is 10.4 Å². The lowest BCUT2D eigenvalue weighted by atomic mass is 10.2. The molecule has 2 N–H and O–H groups in total. The number of anilines is 1. The molecule has 0 aliphatic heterocycles. The molecule has 0 saturated heterocycles. The fraction of sp³-hybridized carbons (Fsp3) is 0.250. The zero-order chi connectivity index (χ0) is 14.8. The highest BCUT2D eigenvalue weighted by Crippen LogP contribution is 2.21. The van der Waals surface area contributed by atoms with Crippen LogP contribution in [0.3, 0.4) is 0 Å². The van der Waals surface area contributed by atoms with Gasteiger partial charge in [-0.3, -0.25) is 10.1 Å². The second kappa shape index (κ2) is 5.33. The highest BCUT2D eigenvalue weighted by molar-refractivity contribution is 5.82. The normalized spacial score (nSPS) is 11.6. The number of hydrogen-bond acceptors (Lipinski definition) is 5. The van der Waals surface area contributed by atoms with Gasteiger partial charge in [-0.05, 0) is 18.2 Å². The molecule has 1 aromatic heterocycles. The number of non-ortho nitro benzene ring substituents is 1. The van der Waals surface area contributed by atoms with Crippen molar-refractivity contribution in [2.45, 2.75) is 5.92 Å². The molecule has 2 aromatic rings. The van der Waals surface area contributed by atoms with Crippen molar-refractivity contribution in [2.75, 3.05) is 18.5 Å². The number of nitro groups is 1. The summed E-state index contributed by atoms with van der Waals surface area (Å²) in [6.45, 7) is -1.99. The summed E-state index contributed by atoms with van der Waals surface area (Å²) in [5.41, 5.74) is 0.389. The van der Waals surface area contributed by atoms with E-state index >= 15 is 0 Å². The first-order valence-electron chi connectivity index (χ1n) is 5.69. The van der Waals surface area contributed by atoms with Crippen molar-refractivity contribution in [3.63, 3.8) is 0 Å². The van der Waals surface area contributed by atoms with Crippen LogP contribution in [-0.4, -0.2) is 34.1 Å². The number of nitro benzene ring substituents is 1. The molecule has 0 unspecified atom stereocenters. The van der Waals surface area contributed by atoms with Gasteiger partial charge >= 0.3 is 0 Å². The van der Waals surface area contributed by atoms with Gasteiger partial charge in [0.25, 0.3) is 11.6 Å². The Morgan fingerprint density at radius 2 is 2.10 bits per heavy atom. The summed E-state index contributed by atoms with van der Waals surface area (Å²) in [5, 5.41) is 22.0. The third kappa shape index (κ3) is 3.15. The second-order valence-electron chi connectivity index (χ2n) is 4.20. The van der Waals surface area contributed by atoms with E-state index in [2.05, 4.69) is 10.3 Å². The van der Waals surface area contributed by atoms with Crippen LogP contribution < -0.4 is 5.32 Å². The SMILES string of the molecule is O=[N+]([O-])c1ccc2nc(NCC(F)(F)CO)ccc2c1. The Hall–Kier alpha value is -2.35. The number of benzene rings is 1. The van der Waals surface area contributed by atoms with Crippen molar-refractivity contribution in [1.29, 1.82) is 0 Å². The van der Waals surface area contributed by atoms with Gasteiger partial charge in [0.1, 0.15) is 12.4 Å². The summed E-state index contributed by atoms with van der Waals surface area (Å²) in [5.74, 6) is -3.02. The Morgan fingerprint density at radius 3 is 2.75 bits per heavy atom. The molecule has 20 heavy (non-hydrogen) atoms. The summed E-state index contributed by atoms with van der Waals surface area (Å²) in [7, 11) is 0. The Balaban J connectivity index is 2.22. The van der Waals surface area contributed by atoms with E-state index in [4.69, 9.17) is 5.11 Å². The zero-order valence-electron chi connectivity index (χ0n) is 10.2. The molecule has 0 aliphatic rings.